The molecule has 2 saturated heterocycles. The molecule has 0 spiro atoms. The molecular formula is C20H25N3O. The van der Waals surface area contributed by atoms with E-state index < -0.39 is 0 Å². The Morgan fingerprint density at radius 3 is 2.71 bits per heavy atom. The topological polar surface area (TPSA) is 35.6 Å². The van der Waals surface area contributed by atoms with Crippen molar-refractivity contribution in [1.29, 1.82) is 0 Å². The van der Waals surface area contributed by atoms with Gasteiger partial charge in [-0.1, -0.05) is 42.5 Å². The number of amides is 1. The van der Waals surface area contributed by atoms with E-state index in [-0.39, 0.29) is 5.91 Å². The van der Waals surface area contributed by atoms with E-state index in [0.717, 1.165) is 51.3 Å². The third kappa shape index (κ3) is 3.17. The molecule has 4 rings (SSSR count). The number of carbonyl (C=O) groups excluding carboxylic acids is 1. The number of benzene rings is 2. The monoisotopic (exact) mass is 323 g/mol. The molecule has 24 heavy (non-hydrogen) atoms. The van der Waals surface area contributed by atoms with E-state index >= 15 is 0 Å². The van der Waals surface area contributed by atoms with Crippen molar-refractivity contribution in [3.63, 3.8) is 0 Å². The molecule has 4 nitrogen and oxygen atoms in total. The average Bonchev–Trinajstić information content (AvgIpc) is 3.13. The first kappa shape index (κ1) is 15.6. The van der Waals surface area contributed by atoms with Crippen molar-refractivity contribution in [2.24, 2.45) is 0 Å². The molecule has 0 bridgehead atoms. The number of fused-ring (bicyclic) bond motifs is 1. The van der Waals surface area contributed by atoms with E-state index in [0.29, 0.717) is 12.5 Å². The second-order valence-corrected chi connectivity index (χ2v) is 6.88. The zero-order valence-corrected chi connectivity index (χ0v) is 14.1. The number of likely N-dealkylation sites (tertiary alicyclic amines) is 1. The summed E-state index contributed by atoms with van der Waals surface area (Å²) in [5, 5.41) is 5.81. The molecule has 2 aliphatic rings. The Balaban J connectivity index is 1.43. The molecule has 0 radical (unpaired) electrons. The van der Waals surface area contributed by atoms with Crippen LogP contribution in [0.25, 0.3) is 10.8 Å². The number of rotatable bonds is 3. The van der Waals surface area contributed by atoms with Crippen LogP contribution >= 0.6 is 0 Å². The van der Waals surface area contributed by atoms with Crippen molar-refractivity contribution in [1.82, 2.24) is 15.1 Å². The third-order valence-electron chi connectivity index (χ3n) is 5.41. The summed E-state index contributed by atoms with van der Waals surface area (Å²) >= 11 is 0. The van der Waals surface area contributed by atoms with E-state index in [1.807, 2.05) is 12.1 Å². The van der Waals surface area contributed by atoms with Gasteiger partial charge in [0.1, 0.15) is 0 Å². The summed E-state index contributed by atoms with van der Waals surface area (Å²) < 4.78 is 0. The first-order valence-corrected chi connectivity index (χ1v) is 9.00. The normalized spacial score (nSPS) is 22.2. The van der Waals surface area contributed by atoms with E-state index in [9.17, 15) is 4.79 Å². The van der Waals surface area contributed by atoms with Gasteiger partial charge in [-0.3, -0.25) is 9.69 Å². The fourth-order valence-electron chi connectivity index (χ4n) is 4.04. The Morgan fingerprint density at radius 1 is 1.04 bits per heavy atom. The highest BCUT2D eigenvalue weighted by Crippen LogP contribution is 2.21. The van der Waals surface area contributed by atoms with Crippen molar-refractivity contribution in [3.05, 3.63) is 48.0 Å². The molecular weight excluding hydrogens is 298 g/mol. The Labute approximate surface area is 143 Å². The molecule has 2 aliphatic heterocycles. The predicted octanol–water partition coefficient (Wildman–Crippen LogP) is 1.89. The number of nitrogens with one attached hydrogen (secondary N) is 1. The second kappa shape index (κ2) is 6.91. The molecule has 1 amide bonds. The van der Waals surface area contributed by atoms with Crippen molar-refractivity contribution in [2.45, 2.75) is 18.9 Å². The van der Waals surface area contributed by atoms with Crippen LogP contribution < -0.4 is 5.32 Å². The highest BCUT2D eigenvalue weighted by atomic mass is 16.2. The van der Waals surface area contributed by atoms with Crippen LogP contribution in [-0.4, -0.2) is 61.0 Å². The SMILES string of the molecule is O=C(Cc1cccc2ccccc12)N1CCC(N2CCNCC2)C1. The van der Waals surface area contributed by atoms with Crippen molar-refractivity contribution in [2.75, 3.05) is 39.3 Å². The first-order valence-electron chi connectivity index (χ1n) is 9.00. The molecule has 2 aromatic rings. The standard InChI is InChI=1S/C20H25N3O/c24-20(14-17-6-3-5-16-4-1-2-7-19(16)17)23-11-8-18(15-23)22-12-9-21-10-13-22/h1-7,18,21H,8-15H2. The van der Waals surface area contributed by atoms with Gasteiger partial charge in [0.15, 0.2) is 0 Å². The van der Waals surface area contributed by atoms with Gasteiger partial charge >= 0.3 is 0 Å². The van der Waals surface area contributed by atoms with Crippen LogP contribution in [0, 0.1) is 0 Å². The quantitative estimate of drug-likeness (QED) is 0.937. The molecule has 2 aromatic carbocycles. The zero-order valence-electron chi connectivity index (χ0n) is 14.1. The average molecular weight is 323 g/mol. The van der Waals surface area contributed by atoms with Crippen LogP contribution in [0.2, 0.25) is 0 Å². The van der Waals surface area contributed by atoms with Gasteiger partial charge < -0.3 is 10.2 Å². The van der Waals surface area contributed by atoms with Crippen molar-refractivity contribution < 1.29 is 4.79 Å². The molecule has 4 heteroatoms. The maximum Gasteiger partial charge on any atom is 0.227 e. The number of hydrogen-bond acceptors (Lipinski definition) is 3. The Hall–Kier alpha value is -1.91. The van der Waals surface area contributed by atoms with Gasteiger partial charge in [0.2, 0.25) is 5.91 Å². The summed E-state index contributed by atoms with van der Waals surface area (Å²) in [4.78, 5) is 17.4. The highest BCUT2D eigenvalue weighted by Gasteiger charge is 2.30. The molecule has 1 atom stereocenters. The second-order valence-electron chi connectivity index (χ2n) is 6.88. The Kier molecular flexibility index (Phi) is 4.50. The molecule has 1 unspecified atom stereocenters. The lowest BCUT2D eigenvalue weighted by molar-refractivity contribution is -0.129. The van der Waals surface area contributed by atoms with Gasteiger partial charge in [0, 0.05) is 45.3 Å². The minimum atomic E-state index is 0.268. The number of nitrogens with zero attached hydrogens (tertiary/aromatic N) is 2. The van der Waals surface area contributed by atoms with Crippen LogP contribution in [0.4, 0.5) is 0 Å². The van der Waals surface area contributed by atoms with E-state index in [4.69, 9.17) is 0 Å². The summed E-state index contributed by atoms with van der Waals surface area (Å²) in [7, 11) is 0. The van der Waals surface area contributed by atoms with E-state index in [1.165, 1.54) is 10.8 Å². The molecule has 0 aromatic heterocycles. The van der Waals surface area contributed by atoms with Gasteiger partial charge in [-0.15, -0.1) is 0 Å². The predicted molar refractivity (Wildman–Crippen MR) is 97.1 cm³/mol. The first-order chi connectivity index (χ1) is 11.8. The summed E-state index contributed by atoms with van der Waals surface area (Å²) in [5.74, 6) is 0.268. The van der Waals surface area contributed by atoms with Crippen molar-refractivity contribution >= 4 is 16.7 Å². The zero-order chi connectivity index (χ0) is 16.4. The Bertz CT molecular complexity index is 718. The maximum atomic E-state index is 12.8. The van der Waals surface area contributed by atoms with Crippen LogP contribution in [0.3, 0.4) is 0 Å². The molecule has 2 heterocycles. The summed E-state index contributed by atoms with van der Waals surface area (Å²) in [6, 6.07) is 15.1. The van der Waals surface area contributed by atoms with Crippen molar-refractivity contribution in [3.8, 4) is 0 Å². The van der Waals surface area contributed by atoms with E-state index in [1.54, 1.807) is 0 Å². The van der Waals surface area contributed by atoms with Gasteiger partial charge in [-0.2, -0.15) is 0 Å². The number of hydrogen-bond donors (Lipinski definition) is 1. The van der Waals surface area contributed by atoms with Gasteiger partial charge in [0.05, 0.1) is 6.42 Å². The van der Waals surface area contributed by atoms with Gasteiger partial charge in [-0.05, 0) is 22.8 Å². The molecule has 126 valence electrons. The maximum absolute atomic E-state index is 12.8. The van der Waals surface area contributed by atoms with Crippen LogP contribution in [0.15, 0.2) is 42.5 Å². The fraction of sp³-hybridized carbons (Fsp3) is 0.450. The van der Waals surface area contributed by atoms with Gasteiger partial charge in [0.25, 0.3) is 0 Å². The van der Waals surface area contributed by atoms with E-state index in [2.05, 4.69) is 45.4 Å². The minimum absolute atomic E-state index is 0.268. The van der Waals surface area contributed by atoms with Crippen LogP contribution in [-0.2, 0) is 11.2 Å². The minimum Gasteiger partial charge on any atom is -0.341 e. The third-order valence-corrected chi connectivity index (χ3v) is 5.41. The molecule has 0 aliphatic carbocycles. The Morgan fingerprint density at radius 2 is 1.83 bits per heavy atom. The lowest BCUT2D eigenvalue weighted by Gasteiger charge is -2.32. The molecule has 0 saturated carbocycles. The lowest BCUT2D eigenvalue weighted by atomic mass is 10.0. The largest absolute Gasteiger partial charge is 0.341 e. The number of carbonyl (C=O) groups is 1. The summed E-state index contributed by atoms with van der Waals surface area (Å²) in [6.45, 7) is 6.15. The number of piperazine rings is 1. The lowest BCUT2D eigenvalue weighted by Crippen LogP contribution is -2.49. The van der Waals surface area contributed by atoms with Crippen LogP contribution in [0.1, 0.15) is 12.0 Å². The summed E-state index contributed by atoms with van der Waals surface area (Å²) in [5.41, 5.74) is 1.14. The fourth-order valence-corrected chi connectivity index (χ4v) is 4.04. The summed E-state index contributed by atoms with van der Waals surface area (Å²) in [6.07, 6.45) is 1.62. The smallest absolute Gasteiger partial charge is 0.227 e. The highest BCUT2D eigenvalue weighted by molar-refractivity contribution is 5.90. The molecule has 2 fully saturated rings. The molecule has 1 N–H and O–H groups in total. The van der Waals surface area contributed by atoms with Crippen LogP contribution in [0.5, 0.6) is 0 Å². The van der Waals surface area contributed by atoms with Gasteiger partial charge in [-0.25, -0.2) is 0 Å².